The Morgan fingerprint density at radius 1 is 1.30 bits per heavy atom. The molecule has 3 aromatic rings. The summed E-state index contributed by atoms with van der Waals surface area (Å²) in [7, 11) is 0. The highest BCUT2D eigenvalue weighted by Crippen LogP contribution is 2.26. The molecule has 0 aliphatic carbocycles. The molecule has 0 fully saturated rings. The van der Waals surface area contributed by atoms with E-state index in [1.165, 1.54) is 11.8 Å². The maximum atomic E-state index is 12.8. The van der Waals surface area contributed by atoms with Gasteiger partial charge in [-0.3, -0.25) is 18.6 Å². The van der Waals surface area contributed by atoms with Crippen molar-refractivity contribution < 1.29 is 4.79 Å². The van der Waals surface area contributed by atoms with Crippen LogP contribution in [0.25, 0.3) is 16.7 Å². The fourth-order valence-electron chi connectivity index (χ4n) is 3.10. The van der Waals surface area contributed by atoms with Crippen molar-refractivity contribution in [2.75, 3.05) is 13.1 Å². The average molecular weight is 385 g/mol. The lowest BCUT2D eigenvalue weighted by Crippen LogP contribution is -2.36. The third kappa shape index (κ3) is 3.37. The third-order valence-corrected chi connectivity index (χ3v) is 5.53. The molecule has 0 N–H and O–H groups in total. The number of hydrogen-bond acceptors (Lipinski definition) is 5. The number of aromatic nitrogens is 4. The first-order valence-electron chi connectivity index (χ1n) is 8.96. The molecule has 0 saturated carbocycles. The van der Waals surface area contributed by atoms with E-state index in [9.17, 15) is 9.59 Å². The second kappa shape index (κ2) is 7.96. The van der Waals surface area contributed by atoms with Crippen LogP contribution in [0.1, 0.15) is 20.8 Å². The van der Waals surface area contributed by atoms with Crippen LogP contribution in [0.2, 0.25) is 0 Å². The van der Waals surface area contributed by atoms with Gasteiger partial charge in [0.2, 0.25) is 11.7 Å². The summed E-state index contributed by atoms with van der Waals surface area (Å²) in [6, 6.07) is 7.36. The highest BCUT2D eigenvalue weighted by molar-refractivity contribution is 8.00. The van der Waals surface area contributed by atoms with Crippen molar-refractivity contribution in [1.82, 2.24) is 24.1 Å². The number of benzene rings is 1. The minimum absolute atomic E-state index is 0.0606. The molecule has 0 spiro atoms. The maximum absolute atomic E-state index is 12.8. The number of nitrogens with zero attached hydrogens (tertiary/aromatic N) is 5. The van der Waals surface area contributed by atoms with Gasteiger partial charge in [-0.1, -0.05) is 30.0 Å². The summed E-state index contributed by atoms with van der Waals surface area (Å²) >= 11 is 1.35. The quantitative estimate of drug-likeness (QED) is 0.462. The molecule has 0 radical (unpaired) electrons. The van der Waals surface area contributed by atoms with Gasteiger partial charge in [0.25, 0.3) is 5.56 Å². The Bertz CT molecular complexity index is 1050. The first-order chi connectivity index (χ1) is 13.0. The van der Waals surface area contributed by atoms with Crippen molar-refractivity contribution in [3.63, 3.8) is 0 Å². The van der Waals surface area contributed by atoms with Gasteiger partial charge in [-0.05, 0) is 32.9 Å². The van der Waals surface area contributed by atoms with Crippen LogP contribution in [0.15, 0.2) is 46.9 Å². The zero-order valence-corrected chi connectivity index (χ0v) is 16.6. The molecule has 1 atom stereocenters. The van der Waals surface area contributed by atoms with Gasteiger partial charge in [0.15, 0.2) is 5.16 Å². The molecule has 8 heteroatoms. The van der Waals surface area contributed by atoms with E-state index in [4.69, 9.17) is 0 Å². The van der Waals surface area contributed by atoms with Crippen molar-refractivity contribution in [1.29, 1.82) is 0 Å². The summed E-state index contributed by atoms with van der Waals surface area (Å²) in [5, 5.41) is 9.36. The summed E-state index contributed by atoms with van der Waals surface area (Å²) in [5.74, 6) is 0.508. The number of rotatable bonds is 7. The maximum Gasteiger partial charge on any atom is 0.263 e. The molecule has 3 rings (SSSR count). The molecule has 0 aliphatic rings. The van der Waals surface area contributed by atoms with Crippen LogP contribution in [0.3, 0.4) is 0 Å². The van der Waals surface area contributed by atoms with Gasteiger partial charge < -0.3 is 4.90 Å². The van der Waals surface area contributed by atoms with Crippen molar-refractivity contribution >= 4 is 34.3 Å². The van der Waals surface area contributed by atoms with Gasteiger partial charge in [0.05, 0.1) is 16.2 Å². The van der Waals surface area contributed by atoms with Gasteiger partial charge in [0.1, 0.15) is 0 Å². The van der Waals surface area contributed by atoms with Crippen LogP contribution < -0.4 is 5.56 Å². The van der Waals surface area contributed by atoms with Crippen molar-refractivity contribution in [2.45, 2.75) is 37.7 Å². The zero-order chi connectivity index (χ0) is 19.6. The monoisotopic (exact) mass is 385 g/mol. The number of carbonyl (C=O) groups is 1. The minimum Gasteiger partial charge on any atom is -0.342 e. The number of hydrogen-bond donors (Lipinski definition) is 0. The van der Waals surface area contributed by atoms with Crippen LogP contribution in [-0.2, 0) is 11.3 Å². The first-order valence-corrected chi connectivity index (χ1v) is 9.84. The lowest BCUT2D eigenvalue weighted by Gasteiger charge is -2.22. The van der Waals surface area contributed by atoms with E-state index in [-0.39, 0.29) is 16.7 Å². The van der Waals surface area contributed by atoms with Gasteiger partial charge in [-0.2, -0.15) is 0 Å². The van der Waals surface area contributed by atoms with Crippen molar-refractivity contribution in [3.8, 4) is 0 Å². The molecule has 0 bridgehead atoms. The van der Waals surface area contributed by atoms with Crippen molar-refractivity contribution in [2.24, 2.45) is 0 Å². The van der Waals surface area contributed by atoms with Crippen molar-refractivity contribution in [3.05, 3.63) is 47.3 Å². The minimum atomic E-state index is -0.309. The normalized spacial score (nSPS) is 12.4. The molecule has 0 aliphatic heterocycles. The van der Waals surface area contributed by atoms with E-state index >= 15 is 0 Å². The Morgan fingerprint density at radius 2 is 2.00 bits per heavy atom. The molecule has 2 heterocycles. The molecular weight excluding hydrogens is 362 g/mol. The Morgan fingerprint density at radius 3 is 2.67 bits per heavy atom. The topological polar surface area (TPSA) is 72.5 Å². The Labute approximate surface area is 161 Å². The number of thioether (sulfide) groups is 1. The standard InChI is InChI=1S/C19H23N5O2S/c1-5-12-23-17(26)14-10-8-9-11-15(14)24-18(23)20-21-19(24)27-13(4)16(25)22(6-2)7-3/h5,8-11,13H,1,6-7,12H2,2-4H3. The summed E-state index contributed by atoms with van der Waals surface area (Å²) in [5.41, 5.74) is 0.599. The second-order valence-electron chi connectivity index (χ2n) is 6.11. The lowest BCUT2D eigenvalue weighted by molar-refractivity contribution is -0.129. The highest BCUT2D eigenvalue weighted by atomic mass is 32.2. The zero-order valence-electron chi connectivity index (χ0n) is 15.8. The van der Waals surface area contributed by atoms with E-state index in [0.717, 1.165) is 5.52 Å². The lowest BCUT2D eigenvalue weighted by atomic mass is 10.2. The van der Waals surface area contributed by atoms with Gasteiger partial charge in [-0.25, -0.2) is 0 Å². The van der Waals surface area contributed by atoms with Crippen LogP contribution in [-0.4, -0.2) is 48.3 Å². The first kappa shape index (κ1) is 19.2. The number of para-hydroxylation sites is 1. The molecule has 2 aromatic heterocycles. The Hall–Kier alpha value is -2.61. The number of carbonyl (C=O) groups excluding carboxylic acids is 1. The van der Waals surface area contributed by atoms with Gasteiger partial charge >= 0.3 is 0 Å². The van der Waals surface area contributed by atoms with Crippen LogP contribution >= 0.6 is 11.8 Å². The molecule has 27 heavy (non-hydrogen) atoms. The van der Waals surface area contributed by atoms with Crippen LogP contribution in [0.5, 0.6) is 0 Å². The fraction of sp³-hybridized carbons (Fsp3) is 0.368. The second-order valence-corrected chi connectivity index (χ2v) is 7.42. The summed E-state index contributed by atoms with van der Waals surface area (Å²) in [6.45, 7) is 11.2. The predicted molar refractivity (Wildman–Crippen MR) is 108 cm³/mol. The number of amides is 1. The molecule has 1 unspecified atom stereocenters. The smallest absolute Gasteiger partial charge is 0.263 e. The van der Waals surface area contributed by atoms with E-state index in [1.807, 2.05) is 43.4 Å². The van der Waals surface area contributed by atoms with Gasteiger partial charge in [-0.15, -0.1) is 16.8 Å². The summed E-state index contributed by atoms with van der Waals surface area (Å²) in [4.78, 5) is 27.2. The van der Waals surface area contributed by atoms with E-state index in [1.54, 1.807) is 21.6 Å². The largest absolute Gasteiger partial charge is 0.342 e. The summed E-state index contributed by atoms with van der Waals surface area (Å²) < 4.78 is 3.39. The van der Waals surface area contributed by atoms with Crippen LogP contribution in [0, 0.1) is 0 Å². The van der Waals surface area contributed by atoms with E-state index in [2.05, 4.69) is 16.8 Å². The SMILES string of the molecule is C=CCn1c(=O)c2ccccc2n2c(SC(C)C(=O)N(CC)CC)nnc12. The fourth-order valence-corrected chi connectivity index (χ4v) is 4.04. The van der Waals surface area contributed by atoms with Crippen LogP contribution in [0.4, 0.5) is 0 Å². The molecule has 1 amide bonds. The molecule has 142 valence electrons. The van der Waals surface area contributed by atoms with E-state index in [0.29, 0.717) is 36.0 Å². The molecule has 7 nitrogen and oxygen atoms in total. The van der Waals surface area contributed by atoms with E-state index < -0.39 is 0 Å². The third-order valence-electron chi connectivity index (χ3n) is 4.49. The number of allylic oxidation sites excluding steroid dienone is 1. The number of fused-ring (bicyclic) bond motifs is 3. The summed E-state index contributed by atoms with van der Waals surface area (Å²) in [6.07, 6.45) is 1.66. The average Bonchev–Trinajstić information content (AvgIpc) is 3.09. The highest BCUT2D eigenvalue weighted by Gasteiger charge is 2.23. The Kier molecular flexibility index (Phi) is 5.65. The molecular formula is C19H23N5O2S. The molecule has 1 aromatic carbocycles. The predicted octanol–water partition coefficient (Wildman–Crippen LogP) is 2.58. The van der Waals surface area contributed by atoms with Gasteiger partial charge in [0, 0.05) is 19.6 Å². The molecule has 0 saturated heterocycles. The Balaban J connectivity index is 2.14.